The van der Waals surface area contributed by atoms with Crippen molar-refractivity contribution >= 4 is 17.5 Å². The highest BCUT2D eigenvalue weighted by molar-refractivity contribution is 5.92. The Kier molecular flexibility index (Phi) is 6.80. The topological polar surface area (TPSA) is 61.4 Å². The summed E-state index contributed by atoms with van der Waals surface area (Å²) in [6.07, 6.45) is 0. The molecule has 0 saturated carbocycles. The maximum atomic E-state index is 12.9. The standard InChI is InChI=1S/C19H21F2N3O2/c1-13(14-3-5-15(20)6-4-14)22-18(25)11-24(2)12-19(26)23-17-9-7-16(21)8-10-17/h3-10,13H,11-12H2,1-2H3,(H,22,25)(H,23,26)/t13-/m0/s1. The Morgan fingerprint density at radius 3 is 2.00 bits per heavy atom. The Bertz CT molecular complexity index is 748. The fraction of sp³-hybridized carbons (Fsp3) is 0.263. The van der Waals surface area contributed by atoms with E-state index >= 15 is 0 Å². The van der Waals surface area contributed by atoms with Gasteiger partial charge in [-0.1, -0.05) is 12.1 Å². The minimum absolute atomic E-state index is 0.00965. The zero-order valence-electron chi connectivity index (χ0n) is 14.6. The summed E-state index contributed by atoms with van der Waals surface area (Å²) in [5.41, 5.74) is 1.27. The third-order valence-corrected chi connectivity index (χ3v) is 3.70. The molecule has 2 amide bonds. The molecule has 0 radical (unpaired) electrons. The minimum atomic E-state index is -0.382. The second-order valence-electron chi connectivity index (χ2n) is 6.07. The van der Waals surface area contributed by atoms with Gasteiger partial charge in [-0.15, -0.1) is 0 Å². The summed E-state index contributed by atoms with van der Waals surface area (Å²) in [4.78, 5) is 25.6. The molecule has 0 unspecified atom stereocenters. The number of hydrogen-bond acceptors (Lipinski definition) is 3. The number of benzene rings is 2. The van der Waals surface area contributed by atoms with Gasteiger partial charge in [0, 0.05) is 5.69 Å². The molecule has 0 aliphatic rings. The predicted octanol–water partition coefficient (Wildman–Crippen LogP) is 2.71. The van der Waals surface area contributed by atoms with E-state index in [1.807, 2.05) is 0 Å². The van der Waals surface area contributed by atoms with Crippen LogP contribution in [-0.4, -0.2) is 36.9 Å². The first kappa shape index (κ1) is 19.5. The lowest BCUT2D eigenvalue weighted by atomic mass is 10.1. The van der Waals surface area contributed by atoms with Crippen molar-refractivity contribution in [1.82, 2.24) is 10.2 Å². The fourth-order valence-corrected chi connectivity index (χ4v) is 2.40. The first-order chi connectivity index (χ1) is 12.3. The summed E-state index contributed by atoms with van der Waals surface area (Å²) in [5.74, 6) is -1.27. The number of nitrogens with one attached hydrogen (secondary N) is 2. The van der Waals surface area contributed by atoms with Crippen LogP contribution < -0.4 is 10.6 Å². The molecule has 2 N–H and O–H groups in total. The molecule has 0 aliphatic carbocycles. The number of nitrogens with zero attached hydrogens (tertiary/aromatic N) is 1. The SMILES string of the molecule is C[C@H](NC(=O)CN(C)CC(=O)Nc1ccc(F)cc1)c1ccc(F)cc1. The Balaban J connectivity index is 1.78. The van der Waals surface area contributed by atoms with Crippen molar-refractivity contribution < 1.29 is 18.4 Å². The van der Waals surface area contributed by atoms with E-state index in [1.54, 1.807) is 31.0 Å². The van der Waals surface area contributed by atoms with Gasteiger partial charge in [-0.3, -0.25) is 14.5 Å². The smallest absolute Gasteiger partial charge is 0.238 e. The molecule has 0 spiro atoms. The Morgan fingerprint density at radius 2 is 1.42 bits per heavy atom. The molecule has 0 fully saturated rings. The van der Waals surface area contributed by atoms with Gasteiger partial charge in [-0.25, -0.2) is 8.78 Å². The zero-order valence-corrected chi connectivity index (χ0v) is 14.6. The van der Waals surface area contributed by atoms with E-state index in [4.69, 9.17) is 0 Å². The average Bonchev–Trinajstić information content (AvgIpc) is 2.57. The number of carbonyl (C=O) groups is 2. The summed E-state index contributed by atoms with van der Waals surface area (Å²) >= 11 is 0. The average molecular weight is 361 g/mol. The Morgan fingerprint density at radius 1 is 0.923 bits per heavy atom. The molecule has 26 heavy (non-hydrogen) atoms. The number of anilines is 1. The highest BCUT2D eigenvalue weighted by atomic mass is 19.1. The number of rotatable bonds is 7. The van der Waals surface area contributed by atoms with Crippen LogP contribution in [0.5, 0.6) is 0 Å². The van der Waals surface area contributed by atoms with E-state index in [9.17, 15) is 18.4 Å². The third kappa shape index (κ3) is 6.25. The molecular formula is C19H21F2N3O2. The second kappa shape index (κ2) is 9.05. The van der Waals surface area contributed by atoms with Gasteiger partial charge in [0.15, 0.2) is 0 Å². The van der Waals surface area contributed by atoms with E-state index in [1.165, 1.54) is 36.4 Å². The monoisotopic (exact) mass is 361 g/mol. The molecule has 0 bridgehead atoms. The summed E-state index contributed by atoms with van der Waals surface area (Å²) in [5, 5.41) is 5.43. The van der Waals surface area contributed by atoms with Gasteiger partial charge in [0.25, 0.3) is 0 Å². The fourth-order valence-electron chi connectivity index (χ4n) is 2.40. The van der Waals surface area contributed by atoms with Gasteiger partial charge in [-0.05, 0) is 55.9 Å². The summed E-state index contributed by atoms with van der Waals surface area (Å²) < 4.78 is 25.8. The first-order valence-corrected chi connectivity index (χ1v) is 8.12. The maximum absolute atomic E-state index is 12.9. The molecule has 2 aromatic carbocycles. The maximum Gasteiger partial charge on any atom is 0.238 e. The molecule has 2 rings (SSSR count). The van der Waals surface area contributed by atoms with E-state index in [0.717, 1.165) is 5.56 Å². The number of halogens is 2. The first-order valence-electron chi connectivity index (χ1n) is 8.12. The second-order valence-corrected chi connectivity index (χ2v) is 6.07. The van der Waals surface area contributed by atoms with Gasteiger partial charge in [0.1, 0.15) is 11.6 Å². The molecular weight excluding hydrogens is 340 g/mol. The minimum Gasteiger partial charge on any atom is -0.348 e. The molecule has 7 heteroatoms. The van der Waals surface area contributed by atoms with Crippen molar-refractivity contribution in [2.45, 2.75) is 13.0 Å². The van der Waals surface area contributed by atoms with Crippen molar-refractivity contribution in [3.63, 3.8) is 0 Å². The van der Waals surface area contributed by atoms with E-state index < -0.39 is 0 Å². The van der Waals surface area contributed by atoms with Crippen LogP contribution in [0, 0.1) is 11.6 Å². The normalized spacial score (nSPS) is 11.9. The van der Waals surface area contributed by atoms with Crippen LogP contribution in [0.4, 0.5) is 14.5 Å². The molecule has 1 atom stereocenters. The van der Waals surface area contributed by atoms with Crippen molar-refractivity contribution in [1.29, 1.82) is 0 Å². The van der Waals surface area contributed by atoms with Crippen LogP contribution in [-0.2, 0) is 9.59 Å². The summed E-state index contributed by atoms with van der Waals surface area (Å²) in [6.45, 7) is 1.84. The molecule has 0 heterocycles. The highest BCUT2D eigenvalue weighted by Gasteiger charge is 2.14. The van der Waals surface area contributed by atoms with Crippen molar-refractivity contribution in [2.75, 3.05) is 25.5 Å². The van der Waals surface area contributed by atoms with Crippen LogP contribution in [0.1, 0.15) is 18.5 Å². The quantitative estimate of drug-likeness (QED) is 0.797. The molecule has 0 aliphatic heterocycles. The lowest BCUT2D eigenvalue weighted by molar-refractivity contribution is -0.123. The predicted molar refractivity (Wildman–Crippen MR) is 95.5 cm³/mol. The van der Waals surface area contributed by atoms with Crippen LogP contribution in [0.3, 0.4) is 0 Å². The molecule has 2 aromatic rings. The molecule has 0 aromatic heterocycles. The van der Waals surface area contributed by atoms with Gasteiger partial charge >= 0.3 is 0 Å². The van der Waals surface area contributed by atoms with Crippen molar-refractivity contribution in [3.8, 4) is 0 Å². The number of likely N-dealkylation sites (N-methyl/N-ethyl adjacent to an activating group) is 1. The molecule has 5 nitrogen and oxygen atoms in total. The van der Waals surface area contributed by atoms with Crippen molar-refractivity contribution in [3.05, 3.63) is 65.7 Å². The summed E-state index contributed by atoms with van der Waals surface area (Å²) in [6, 6.07) is 11.1. The lowest BCUT2D eigenvalue weighted by Crippen LogP contribution is -2.39. The number of carbonyl (C=O) groups excluding carboxylic acids is 2. The van der Waals surface area contributed by atoms with E-state index in [0.29, 0.717) is 5.69 Å². The molecule has 138 valence electrons. The van der Waals surface area contributed by atoms with E-state index in [-0.39, 0.29) is 42.6 Å². The molecule has 0 saturated heterocycles. The zero-order chi connectivity index (χ0) is 19.1. The number of amides is 2. The van der Waals surface area contributed by atoms with Crippen LogP contribution in [0.25, 0.3) is 0 Å². The van der Waals surface area contributed by atoms with Gasteiger partial charge in [0.05, 0.1) is 19.1 Å². The Labute approximate surface area is 151 Å². The van der Waals surface area contributed by atoms with E-state index in [2.05, 4.69) is 10.6 Å². The largest absolute Gasteiger partial charge is 0.348 e. The van der Waals surface area contributed by atoms with Crippen LogP contribution in [0.15, 0.2) is 48.5 Å². The van der Waals surface area contributed by atoms with Crippen molar-refractivity contribution in [2.24, 2.45) is 0 Å². The van der Waals surface area contributed by atoms with Crippen LogP contribution >= 0.6 is 0 Å². The lowest BCUT2D eigenvalue weighted by Gasteiger charge is -2.19. The Hall–Kier alpha value is -2.80. The summed E-state index contributed by atoms with van der Waals surface area (Å²) in [7, 11) is 1.65. The van der Waals surface area contributed by atoms with Gasteiger partial charge < -0.3 is 10.6 Å². The highest BCUT2D eigenvalue weighted by Crippen LogP contribution is 2.12. The van der Waals surface area contributed by atoms with Crippen LogP contribution in [0.2, 0.25) is 0 Å². The number of hydrogen-bond donors (Lipinski definition) is 2. The van der Waals surface area contributed by atoms with Gasteiger partial charge in [-0.2, -0.15) is 0 Å². The van der Waals surface area contributed by atoms with Gasteiger partial charge in [0.2, 0.25) is 11.8 Å². The third-order valence-electron chi connectivity index (χ3n) is 3.70.